The highest BCUT2D eigenvalue weighted by atomic mass is 19.1. The molecule has 0 aliphatic carbocycles. The van der Waals surface area contributed by atoms with Gasteiger partial charge in [0.1, 0.15) is 11.6 Å². The second-order valence-corrected chi connectivity index (χ2v) is 5.11. The fourth-order valence-electron chi connectivity index (χ4n) is 2.63. The molecule has 3 rings (SSSR count). The number of halogens is 1. The van der Waals surface area contributed by atoms with Gasteiger partial charge in [0.05, 0.1) is 12.2 Å². The van der Waals surface area contributed by atoms with Crippen LogP contribution in [0, 0.1) is 5.82 Å². The van der Waals surface area contributed by atoms with Crippen LogP contribution in [-0.2, 0) is 6.42 Å². The number of nitrogens with zero attached hydrogens (tertiary/aromatic N) is 2. The molecule has 0 spiro atoms. The van der Waals surface area contributed by atoms with E-state index in [0.717, 1.165) is 30.2 Å². The third-order valence-electron chi connectivity index (χ3n) is 3.64. The standard InChI is InChI=1S/C15H17FN2O/c1-18-7-3-6-14(18)15-17-10-13(19-15)9-11-4-2-5-12(16)8-11/h2,4-5,8,10,14H,3,6-7,9H2,1H3. The van der Waals surface area contributed by atoms with Gasteiger partial charge >= 0.3 is 0 Å². The normalized spacial score (nSPS) is 20.0. The third kappa shape index (κ3) is 2.68. The summed E-state index contributed by atoms with van der Waals surface area (Å²) in [5, 5.41) is 0. The Hall–Kier alpha value is -1.68. The SMILES string of the molecule is CN1CCCC1c1ncc(Cc2cccc(F)c2)o1. The monoisotopic (exact) mass is 260 g/mol. The smallest absolute Gasteiger partial charge is 0.211 e. The molecule has 100 valence electrons. The van der Waals surface area contributed by atoms with Crippen LogP contribution in [-0.4, -0.2) is 23.5 Å². The first-order chi connectivity index (χ1) is 9.22. The summed E-state index contributed by atoms with van der Waals surface area (Å²) in [5.41, 5.74) is 0.905. The van der Waals surface area contributed by atoms with Crippen LogP contribution >= 0.6 is 0 Å². The molecule has 1 fully saturated rings. The Morgan fingerprint density at radius 3 is 3.11 bits per heavy atom. The quantitative estimate of drug-likeness (QED) is 0.849. The van der Waals surface area contributed by atoms with Crippen LogP contribution in [0.25, 0.3) is 0 Å². The molecule has 0 radical (unpaired) electrons. The average Bonchev–Trinajstić information content (AvgIpc) is 2.98. The number of likely N-dealkylation sites (tertiary alicyclic amines) is 1. The first kappa shape index (κ1) is 12.4. The van der Waals surface area contributed by atoms with Gasteiger partial charge in [-0.05, 0) is 44.1 Å². The summed E-state index contributed by atoms with van der Waals surface area (Å²) in [5.74, 6) is 1.36. The predicted molar refractivity (Wildman–Crippen MR) is 70.3 cm³/mol. The highest BCUT2D eigenvalue weighted by Gasteiger charge is 2.26. The zero-order chi connectivity index (χ0) is 13.2. The van der Waals surface area contributed by atoms with Gasteiger partial charge in [0.25, 0.3) is 0 Å². The van der Waals surface area contributed by atoms with E-state index < -0.39 is 0 Å². The molecular weight excluding hydrogens is 243 g/mol. The van der Waals surface area contributed by atoms with Crippen molar-refractivity contribution >= 4 is 0 Å². The molecule has 1 aliphatic rings. The highest BCUT2D eigenvalue weighted by Crippen LogP contribution is 2.30. The minimum absolute atomic E-state index is 0.215. The maximum atomic E-state index is 13.1. The van der Waals surface area contributed by atoms with Gasteiger partial charge in [0.15, 0.2) is 0 Å². The Bertz CT molecular complexity index is 567. The van der Waals surface area contributed by atoms with Crippen molar-refractivity contribution in [2.24, 2.45) is 0 Å². The summed E-state index contributed by atoms with van der Waals surface area (Å²) in [7, 11) is 2.09. The molecule has 4 heteroatoms. The molecule has 0 saturated carbocycles. The summed E-state index contributed by atoms with van der Waals surface area (Å²) in [4.78, 5) is 6.63. The topological polar surface area (TPSA) is 29.3 Å². The van der Waals surface area contributed by atoms with E-state index in [0.29, 0.717) is 12.5 Å². The Labute approximate surface area is 112 Å². The van der Waals surface area contributed by atoms with Crippen LogP contribution in [0.4, 0.5) is 4.39 Å². The van der Waals surface area contributed by atoms with Gasteiger partial charge < -0.3 is 4.42 Å². The Balaban J connectivity index is 1.74. The van der Waals surface area contributed by atoms with E-state index in [1.54, 1.807) is 12.3 Å². The fraction of sp³-hybridized carbons (Fsp3) is 0.400. The minimum atomic E-state index is -0.215. The number of benzene rings is 1. The van der Waals surface area contributed by atoms with Gasteiger partial charge in [-0.2, -0.15) is 0 Å². The van der Waals surface area contributed by atoms with Gasteiger partial charge in [-0.1, -0.05) is 12.1 Å². The van der Waals surface area contributed by atoms with E-state index in [9.17, 15) is 4.39 Å². The lowest BCUT2D eigenvalue weighted by Crippen LogP contribution is -2.17. The molecule has 0 amide bonds. The van der Waals surface area contributed by atoms with Crippen LogP contribution in [0.5, 0.6) is 0 Å². The van der Waals surface area contributed by atoms with E-state index in [-0.39, 0.29) is 5.82 Å². The summed E-state index contributed by atoms with van der Waals surface area (Å²) in [6.45, 7) is 1.09. The second kappa shape index (κ2) is 5.13. The summed E-state index contributed by atoms with van der Waals surface area (Å²) < 4.78 is 18.9. The van der Waals surface area contributed by atoms with Crippen molar-refractivity contribution in [1.82, 2.24) is 9.88 Å². The molecule has 3 nitrogen and oxygen atoms in total. The van der Waals surface area contributed by atoms with Crippen molar-refractivity contribution in [3.05, 3.63) is 53.5 Å². The molecule has 1 aromatic heterocycles. The zero-order valence-corrected chi connectivity index (χ0v) is 11.0. The molecule has 2 heterocycles. The summed E-state index contributed by atoms with van der Waals surface area (Å²) >= 11 is 0. The van der Waals surface area contributed by atoms with E-state index in [2.05, 4.69) is 16.9 Å². The number of oxazole rings is 1. The number of rotatable bonds is 3. The van der Waals surface area contributed by atoms with Crippen LogP contribution in [0.2, 0.25) is 0 Å². The van der Waals surface area contributed by atoms with Crippen LogP contribution in [0.3, 0.4) is 0 Å². The first-order valence-corrected chi connectivity index (χ1v) is 6.61. The molecular formula is C15H17FN2O. The number of aromatic nitrogens is 1. The van der Waals surface area contributed by atoms with Crippen LogP contribution in [0.1, 0.15) is 36.1 Å². The third-order valence-corrected chi connectivity index (χ3v) is 3.64. The van der Waals surface area contributed by atoms with Crippen molar-refractivity contribution in [3.8, 4) is 0 Å². The molecule has 1 aromatic carbocycles. The first-order valence-electron chi connectivity index (χ1n) is 6.61. The fourth-order valence-corrected chi connectivity index (χ4v) is 2.63. The van der Waals surface area contributed by atoms with Crippen molar-refractivity contribution < 1.29 is 8.81 Å². The maximum Gasteiger partial charge on any atom is 0.211 e. The highest BCUT2D eigenvalue weighted by molar-refractivity contribution is 5.20. The molecule has 0 bridgehead atoms. The summed E-state index contributed by atoms with van der Waals surface area (Å²) in [6, 6.07) is 6.88. The molecule has 1 saturated heterocycles. The zero-order valence-electron chi connectivity index (χ0n) is 11.0. The molecule has 2 aromatic rings. The van der Waals surface area contributed by atoms with Crippen LogP contribution in [0.15, 0.2) is 34.9 Å². The maximum absolute atomic E-state index is 13.1. The second-order valence-electron chi connectivity index (χ2n) is 5.11. The van der Waals surface area contributed by atoms with Crippen LogP contribution < -0.4 is 0 Å². The van der Waals surface area contributed by atoms with Gasteiger partial charge in [0, 0.05) is 6.42 Å². The molecule has 19 heavy (non-hydrogen) atoms. The van der Waals surface area contributed by atoms with Gasteiger partial charge in [-0.15, -0.1) is 0 Å². The molecule has 1 atom stereocenters. The Morgan fingerprint density at radius 1 is 1.47 bits per heavy atom. The minimum Gasteiger partial charge on any atom is -0.444 e. The Morgan fingerprint density at radius 2 is 2.37 bits per heavy atom. The Kier molecular flexibility index (Phi) is 3.34. The van der Waals surface area contributed by atoms with E-state index in [4.69, 9.17) is 4.42 Å². The van der Waals surface area contributed by atoms with Gasteiger partial charge in [0.2, 0.25) is 5.89 Å². The lowest BCUT2D eigenvalue weighted by atomic mass is 10.1. The van der Waals surface area contributed by atoms with E-state index >= 15 is 0 Å². The number of hydrogen-bond donors (Lipinski definition) is 0. The predicted octanol–water partition coefficient (Wildman–Crippen LogP) is 3.17. The summed E-state index contributed by atoms with van der Waals surface area (Å²) in [6.07, 6.45) is 4.62. The largest absolute Gasteiger partial charge is 0.444 e. The van der Waals surface area contributed by atoms with Gasteiger partial charge in [-0.25, -0.2) is 9.37 Å². The van der Waals surface area contributed by atoms with E-state index in [1.807, 2.05) is 6.07 Å². The average molecular weight is 260 g/mol. The van der Waals surface area contributed by atoms with Crippen molar-refractivity contribution in [2.45, 2.75) is 25.3 Å². The van der Waals surface area contributed by atoms with E-state index in [1.165, 1.54) is 18.6 Å². The van der Waals surface area contributed by atoms with Gasteiger partial charge in [-0.3, -0.25) is 4.90 Å². The molecule has 1 aliphatic heterocycles. The molecule has 0 N–H and O–H groups in total. The van der Waals surface area contributed by atoms with Crippen molar-refractivity contribution in [2.75, 3.05) is 13.6 Å². The number of hydrogen-bond acceptors (Lipinski definition) is 3. The van der Waals surface area contributed by atoms with Crippen molar-refractivity contribution in [3.63, 3.8) is 0 Å². The lowest BCUT2D eigenvalue weighted by molar-refractivity contribution is 0.264. The molecule has 1 unspecified atom stereocenters. The lowest BCUT2D eigenvalue weighted by Gasteiger charge is -2.15. The van der Waals surface area contributed by atoms with Crippen molar-refractivity contribution in [1.29, 1.82) is 0 Å².